The van der Waals surface area contributed by atoms with Crippen molar-refractivity contribution >= 4 is 5.78 Å². The van der Waals surface area contributed by atoms with E-state index in [2.05, 4.69) is 20.8 Å². The lowest BCUT2D eigenvalue weighted by Gasteiger charge is -2.59. The van der Waals surface area contributed by atoms with Crippen molar-refractivity contribution < 1.29 is 4.79 Å². The minimum absolute atomic E-state index is 0.426. The van der Waals surface area contributed by atoms with Crippen LogP contribution in [0.5, 0.6) is 0 Å². The number of ketones is 1. The molecule has 0 spiro atoms. The number of fused-ring (bicyclic) bond motifs is 5. The molecule has 23 heavy (non-hydrogen) atoms. The van der Waals surface area contributed by atoms with Crippen molar-refractivity contribution in [2.75, 3.05) is 0 Å². The van der Waals surface area contributed by atoms with Crippen LogP contribution < -0.4 is 0 Å². The van der Waals surface area contributed by atoms with Gasteiger partial charge in [-0.25, -0.2) is 0 Å². The van der Waals surface area contributed by atoms with E-state index in [0.29, 0.717) is 40.3 Å². The number of carbonyl (C=O) groups is 1. The maximum absolute atomic E-state index is 13.2. The fourth-order valence-electron chi connectivity index (χ4n) is 7.89. The summed E-state index contributed by atoms with van der Waals surface area (Å²) in [7, 11) is 0. The number of carbonyl (C=O) groups excluding carboxylic acids is 1. The smallest absolute Gasteiger partial charge is 0.136 e. The summed E-state index contributed by atoms with van der Waals surface area (Å²) >= 11 is 0. The van der Waals surface area contributed by atoms with Gasteiger partial charge in [0.15, 0.2) is 0 Å². The van der Waals surface area contributed by atoms with E-state index in [0.717, 1.165) is 12.3 Å². The van der Waals surface area contributed by atoms with Gasteiger partial charge in [-0.15, -0.1) is 0 Å². The maximum Gasteiger partial charge on any atom is 0.136 e. The molecule has 1 nitrogen and oxygen atoms in total. The number of rotatable bonds is 2. The third kappa shape index (κ3) is 2.20. The minimum Gasteiger partial charge on any atom is -0.299 e. The van der Waals surface area contributed by atoms with Crippen LogP contribution in [0.15, 0.2) is 0 Å². The van der Waals surface area contributed by atoms with Crippen LogP contribution in [0.25, 0.3) is 0 Å². The predicted molar refractivity (Wildman–Crippen MR) is 95.1 cm³/mol. The second-order valence-electron chi connectivity index (χ2n) is 9.97. The molecule has 0 aromatic carbocycles. The Labute approximate surface area is 143 Å². The molecule has 130 valence electrons. The Morgan fingerprint density at radius 2 is 1.74 bits per heavy atom. The van der Waals surface area contributed by atoms with Gasteiger partial charge in [0.2, 0.25) is 0 Å². The highest BCUT2D eigenvalue weighted by atomic mass is 16.1. The molecule has 1 heteroatoms. The Bertz CT molecular complexity index is 482. The van der Waals surface area contributed by atoms with Crippen LogP contribution in [-0.2, 0) is 4.79 Å². The van der Waals surface area contributed by atoms with Crippen molar-refractivity contribution in [3.8, 4) is 0 Å². The molecular weight excluding hydrogens is 280 g/mol. The topological polar surface area (TPSA) is 17.1 Å². The summed E-state index contributed by atoms with van der Waals surface area (Å²) in [4.78, 5) is 13.2. The first-order valence-corrected chi connectivity index (χ1v) is 10.5. The van der Waals surface area contributed by atoms with Crippen LogP contribution in [0.2, 0.25) is 0 Å². The zero-order valence-electron chi connectivity index (χ0n) is 15.6. The SMILES string of the molecule is CCCC1CCC2C3C(=O)CC4CCCCC4(C)C3CCC12C. The Hall–Kier alpha value is -0.330. The van der Waals surface area contributed by atoms with Crippen LogP contribution in [0.1, 0.15) is 91.4 Å². The van der Waals surface area contributed by atoms with Gasteiger partial charge in [0.25, 0.3) is 0 Å². The molecular formula is C22H36O. The van der Waals surface area contributed by atoms with Gasteiger partial charge in [0.05, 0.1) is 0 Å². The lowest BCUT2D eigenvalue weighted by Crippen LogP contribution is -2.56. The van der Waals surface area contributed by atoms with Crippen LogP contribution in [-0.4, -0.2) is 5.78 Å². The first kappa shape index (κ1) is 16.2. The molecule has 7 atom stereocenters. The summed E-state index contributed by atoms with van der Waals surface area (Å²) in [6, 6.07) is 0. The number of hydrogen-bond donors (Lipinski definition) is 0. The summed E-state index contributed by atoms with van der Waals surface area (Å²) in [5, 5.41) is 0. The predicted octanol–water partition coefficient (Wildman–Crippen LogP) is 6.01. The summed E-state index contributed by atoms with van der Waals surface area (Å²) in [6.45, 7) is 7.47. The molecule has 0 saturated heterocycles. The summed E-state index contributed by atoms with van der Waals surface area (Å²) in [6.07, 6.45) is 14.6. The van der Waals surface area contributed by atoms with E-state index in [1.165, 1.54) is 64.2 Å². The van der Waals surface area contributed by atoms with E-state index in [4.69, 9.17) is 0 Å². The third-order valence-electron chi connectivity index (χ3n) is 9.22. The van der Waals surface area contributed by atoms with Crippen molar-refractivity contribution in [1.82, 2.24) is 0 Å². The van der Waals surface area contributed by atoms with Crippen molar-refractivity contribution in [3.05, 3.63) is 0 Å². The molecule has 4 fully saturated rings. The molecule has 0 aliphatic heterocycles. The van der Waals surface area contributed by atoms with Crippen molar-refractivity contribution in [2.24, 2.45) is 40.4 Å². The van der Waals surface area contributed by atoms with Gasteiger partial charge < -0.3 is 0 Å². The van der Waals surface area contributed by atoms with Crippen LogP contribution >= 0.6 is 0 Å². The molecule has 4 saturated carbocycles. The average Bonchev–Trinajstić information content (AvgIpc) is 2.85. The van der Waals surface area contributed by atoms with Crippen LogP contribution in [0, 0.1) is 40.4 Å². The maximum atomic E-state index is 13.2. The first-order valence-electron chi connectivity index (χ1n) is 10.5. The van der Waals surface area contributed by atoms with E-state index in [1.807, 2.05) is 0 Å². The van der Waals surface area contributed by atoms with E-state index < -0.39 is 0 Å². The fraction of sp³-hybridized carbons (Fsp3) is 0.955. The molecule has 4 aliphatic rings. The highest BCUT2D eigenvalue weighted by Gasteiger charge is 2.61. The van der Waals surface area contributed by atoms with Gasteiger partial charge in [-0.2, -0.15) is 0 Å². The lowest BCUT2D eigenvalue weighted by molar-refractivity contribution is -0.155. The molecule has 0 aromatic heterocycles. The first-order chi connectivity index (χ1) is 11.0. The summed E-state index contributed by atoms with van der Waals surface area (Å²) in [5.74, 6) is 4.13. The number of Topliss-reactive ketones (excluding diaryl/α,β-unsaturated/α-hetero) is 1. The standard InChI is InChI=1S/C22H36O/c1-4-7-15-9-10-17-20-18(11-13-22(15,17)3)21(2)12-6-5-8-16(21)14-19(20)23/h15-18,20H,4-14H2,1-3H3. The zero-order valence-corrected chi connectivity index (χ0v) is 15.6. The monoisotopic (exact) mass is 316 g/mol. The quantitative estimate of drug-likeness (QED) is 0.609. The second-order valence-corrected chi connectivity index (χ2v) is 9.97. The lowest BCUT2D eigenvalue weighted by atomic mass is 9.44. The molecule has 0 bridgehead atoms. The van der Waals surface area contributed by atoms with Crippen molar-refractivity contribution in [1.29, 1.82) is 0 Å². The summed E-state index contributed by atoms with van der Waals surface area (Å²) < 4.78 is 0. The Balaban J connectivity index is 1.65. The molecule has 0 radical (unpaired) electrons. The highest BCUT2D eigenvalue weighted by molar-refractivity contribution is 5.83. The number of hydrogen-bond acceptors (Lipinski definition) is 1. The van der Waals surface area contributed by atoms with Crippen LogP contribution in [0.3, 0.4) is 0 Å². The molecule has 0 heterocycles. The van der Waals surface area contributed by atoms with E-state index in [-0.39, 0.29) is 0 Å². The minimum atomic E-state index is 0.426. The Kier molecular flexibility index (Phi) is 3.93. The van der Waals surface area contributed by atoms with Gasteiger partial charge in [-0.05, 0) is 73.0 Å². The van der Waals surface area contributed by atoms with Crippen molar-refractivity contribution in [3.63, 3.8) is 0 Å². The molecule has 4 rings (SSSR count). The highest BCUT2D eigenvalue weighted by Crippen LogP contribution is 2.67. The van der Waals surface area contributed by atoms with Crippen LogP contribution in [0.4, 0.5) is 0 Å². The third-order valence-corrected chi connectivity index (χ3v) is 9.22. The van der Waals surface area contributed by atoms with Gasteiger partial charge in [-0.3, -0.25) is 4.79 Å². The normalized spacial score (nSPS) is 52.7. The second kappa shape index (κ2) is 5.60. The Morgan fingerprint density at radius 1 is 0.957 bits per heavy atom. The molecule has 7 unspecified atom stereocenters. The van der Waals surface area contributed by atoms with E-state index in [9.17, 15) is 4.79 Å². The Morgan fingerprint density at radius 3 is 2.52 bits per heavy atom. The zero-order chi connectivity index (χ0) is 16.2. The largest absolute Gasteiger partial charge is 0.299 e. The molecule has 0 N–H and O–H groups in total. The molecule has 0 amide bonds. The molecule has 4 aliphatic carbocycles. The van der Waals surface area contributed by atoms with E-state index >= 15 is 0 Å². The van der Waals surface area contributed by atoms with Gasteiger partial charge in [0.1, 0.15) is 5.78 Å². The van der Waals surface area contributed by atoms with E-state index in [1.54, 1.807) is 0 Å². The van der Waals surface area contributed by atoms with Gasteiger partial charge in [-0.1, -0.05) is 46.5 Å². The average molecular weight is 317 g/mol. The van der Waals surface area contributed by atoms with Gasteiger partial charge >= 0.3 is 0 Å². The summed E-state index contributed by atoms with van der Waals surface area (Å²) in [5.41, 5.74) is 0.964. The van der Waals surface area contributed by atoms with Crippen molar-refractivity contribution in [2.45, 2.75) is 91.4 Å². The fourth-order valence-corrected chi connectivity index (χ4v) is 7.89. The van der Waals surface area contributed by atoms with Gasteiger partial charge in [0, 0.05) is 12.3 Å². The molecule has 0 aromatic rings.